The van der Waals surface area contributed by atoms with Gasteiger partial charge in [0.05, 0.1) is 0 Å². The summed E-state index contributed by atoms with van der Waals surface area (Å²) >= 11 is 0. The van der Waals surface area contributed by atoms with Crippen LogP contribution in [-0.2, 0) is 6.42 Å². The molecular formula is C36H31N. The van der Waals surface area contributed by atoms with Crippen LogP contribution in [0.3, 0.4) is 0 Å². The van der Waals surface area contributed by atoms with Crippen LogP contribution < -0.4 is 4.90 Å². The molecule has 5 aromatic rings. The predicted octanol–water partition coefficient (Wildman–Crippen LogP) is 9.21. The summed E-state index contributed by atoms with van der Waals surface area (Å²) in [6, 6.07) is 51.3. The SMILES string of the molecule is C(=Cc1ccc(N(CCc2ccccc2)c2ccccc2)cc1)C=C(c1ccccc1)c1ccccc1. The second-order valence-electron chi connectivity index (χ2n) is 8.99. The molecular weight excluding hydrogens is 446 g/mol. The van der Waals surface area contributed by atoms with Gasteiger partial charge in [-0.1, -0.05) is 140 Å². The average Bonchev–Trinajstić information content (AvgIpc) is 2.98. The van der Waals surface area contributed by atoms with E-state index >= 15 is 0 Å². The summed E-state index contributed by atoms with van der Waals surface area (Å²) in [7, 11) is 0. The first-order chi connectivity index (χ1) is 18.4. The lowest BCUT2D eigenvalue weighted by Crippen LogP contribution is -2.20. The summed E-state index contributed by atoms with van der Waals surface area (Å²) in [5, 5.41) is 0. The lowest BCUT2D eigenvalue weighted by molar-refractivity contribution is 0.914. The first-order valence-electron chi connectivity index (χ1n) is 12.8. The Kier molecular flexibility index (Phi) is 8.06. The third-order valence-corrected chi connectivity index (χ3v) is 6.46. The molecule has 0 saturated carbocycles. The van der Waals surface area contributed by atoms with Gasteiger partial charge in [0.25, 0.3) is 0 Å². The normalized spacial score (nSPS) is 10.8. The van der Waals surface area contributed by atoms with Crippen LogP contribution in [0.5, 0.6) is 0 Å². The quantitative estimate of drug-likeness (QED) is 0.191. The molecule has 0 spiro atoms. The molecule has 0 saturated heterocycles. The van der Waals surface area contributed by atoms with Crippen molar-refractivity contribution in [2.45, 2.75) is 6.42 Å². The Morgan fingerprint density at radius 2 is 1.00 bits per heavy atom. The molecule has 0 radical (unpaired) electrons. The maximum Gasteiger partial charge on any atom is 0.0411 e. The van der Waals surface area contributed by atoms with Crippen LogP contribution in [0, 0.1) is 0 Å². The number of para-hydroxylation sites is 1. The van der Waals surface area contributed by atoms with Crippen molar-refractivity contribution in [1.29, 1.82) is 0 Å². The molecule has 1 heteroatoms. The Labute approximate surface area is 220 Å². The van der Waals surface area contributed by atoms with E-state index in [4.69, 9.17) is 0 Å². The van der Waals surface area contributed by atoms with Gasteiger partial charge in [-0.3, -0.25) is 0 Å². The maximum atomic E-state index is 2.39. The lowest BCUT2D eigenvalue weighted by Gasteiger charge is -2.25. The van der Waals surface area contributed by atoms with Crippen LogP contribution in [0.4, 0.5) is 11.4 Å². The van der Waals surface area contributed by atoms with Crippen molar-refractivity contribution in [3.05, 3.63) is 180 Å². The van der Waals surface area contributed by atoms with Crippen LogP contribution in [-0.4, -0.2) is 6.54 Å². The second kappa shape index (κ2) is 12.4. The third kappa shape index (κ3) is 6.54. The van der Waals surface area contributed by atoms with Crippen LogP contribution in [0.25, 0.3) is 11.6 Å². The summed E-state index contributed by atoms with van der Waals surface area (Å²) in [5.74, 6) is 0. The van der Waals surface area contributed by atoms with E-state index in [0.29, 0.717) is 0 Å². The predicted molar refractivity (Wildman–Crippen MR) is 159 cm³/mol. The standard InChI is InChI=1S/C36H31N/c1-5-14-30(15-6-1)28-29-37(34-21-11-4-12-22-34)35-26-24-31(25-27-35)16-13-23-36(32-17-7-2-8-18-32)33-19-9-3-10-20-33/h1-27H,28-29H2. The fourth-order valence-corrected chi connectivity index (χ4v) is 4.52. The van der Waals surface area contributed by atoms with Crippen LogP contribution in [0.2, 0.25) is 0 Å². The summed E-state index contributed by atoms with van der Waals surface area (Å²) in [6.45, 7) is 0.920. The highest BCUT2D eigenvalue weighted by Crippen LogP contribution is 2.27. The van der Waals surface area contributed by atoms with Crippen LogP contribution >= 0.6 is 0 Å². The Morgan fingerprint density at radius 3 is 1.57 bits per heavy atom. The molecule has 0 aromatic heterocycles. The Bertz CT molecular complexity index is 1380. The van der Waals surface area contributed by atoms with Gasteiger partial charge in [0.15, 0.2) is 0 Å². The monoisotopic (exact) mass is 477 g/mol. The smallest absolute Gasteiger partial charge is 0.0411 e. The maximum absolute atomic E-state index is 2.39. The van der Waals surface area contributed by atoms with E-state index in [1.165, 1.54) is 39.2 Å². The van der Waals surface area contributed by atoms with Gasteiger partial charge in [-0.15, -0.1) is 0 Å². The first-order valence-corrected chi connectivity index (χ1v) is 12.8. The van der Waals surface area contributed by atoms with E-state index in [1.807, 2.05) is 0 Å². The Hall–Kier alpha value is -4.62. The number of hydrogen-bond donors (Lipinski definition) is 0. The molecule has 180 valence electrons. The van der Waals surface area contributed by atoms with E-state index < -0.39 is 0 Å². The van der Waals surface area contributed by atoms with Gasteiger partial charge >= 0.3 is 0 Å². The molecule has 0 bridgehead atoms. The largest absolute Gasteiger partial charge is 0.341 e. The molecule has 0 atom stereocenters. The Balaban J connectivity index is 1.36. The van der Waals surface area contributed by atoms with E-state index in [2.05, 4.69) is 169 Å². The Morgan fingerprint density at radius 1 is 0.514 bits per heavy atom. The molecule has 0 aliphatic carbocycles. The minimum Gasteiger partial charge on any atom is -0.341 e. The zero-order chi connectivity index (χ0) is 25.1. The highest BCUT2D eigenvalue weighted by molar-refractivity contribution is 5.81. The van der Waals surface area contributed by atoms with Crippen molar-refractivity contribution in [2.75, 3.05) is 11.4 Å². The highest BCUT2D eigenvalue weighted by atomic mass is 15.1. The van der Waals surface area contributed by atoms with Crippen molar-refractivity contribution in [3.8, 4) is 0 Å². The van der Waals surface area contributed by atoms with Crippen molar-refractivity contribution in [1.82, 2.24) is 0 Å². The highest BCUT2D eigenvalue weighted by Gasteiger charge is 2.09. The minimum atomic E-state index is 0.920. The van der Waals surface area contributed by atoms with Crippen LogP contribution in [0.1, 0.15) is 22.3 Å². The molecule has 0 heterocycles. The van der Waals surface area contributed by atoms with Gasteiger partial charge in [-0.25, -0.2) is 0 Å². The van der Waals surface area contributed by atoms with E-state index in [-0.39, 0.29) is 0 Å². The summed E-state index contributed by atoms with van der Waals surface area (Å²) in [4.78, 5) is 2.39. The molecule has 0 aliphatic heterocycles. The number of hydrogen-bond acceptors (Lipinski definition) is 1. The fourth-order valence-electron chi connectivity index (χ4n) is 4.52. The number of nitrogens with zero attached hydrogens (tertiary/aromatic N) is 1. The molecule has 5 aromatic carbocycles. The number of benzene rings is 5. The number of allylic oxidation sites excluding steroid dienone is 2. The van der Waals surface area contributed by atoms with Crippen LogP contribution in [0.15, 0.2) is 158 Å². The number of anilines is 2. The molecule has 0 aliphatic rings. The van der Waals surface area contributed by atoms with Crippen molar-refractivity contribution in [3.63, 3.8) is 0 Å². The fraction of sp³-hybridized carbons (Fsp3) is 0.0556. The van der Waals surface area contributed by atoms with E-state index in [0.717, 1.165) is 13.0 Å². The molecule has 0 fully saturated rings. The average molecular weight is 478 g/mol. The van der Waals surface area contributed by atoms with Gasteiger partial charge in [-0.05, 0) is 58.5 Å². The van der Waals surface area contributed by atoms with Crippen molar-refractivity contribution >= 4 is 23.0 Å². The summed E-state index contributed by atoms with van der Waals surface area (Å²) < 4.78 is 0. The summed E-state index contributed by atoms with van der Waals surface area (Å²) in [6.07, 6.45) is 7.51. The van der Waals surface area contributed by atoms with Crippen molar-refractivity contribution < 1.29 is 0 Å². The van der Waals surface area contributed by atoms with E-state index in [1.54, 1.807) is 0 Å². The van der Waals surface area contributed by atoms with Gasteiger partial charge < -0.3 is 4.90 Å². The van der Waals surface area contributed by atoms with Gasteiger partial charge in [-0.2, -0.15) is 0 Å². The van der Waals surface area contributed by atoms with Gasteiger partial charge in [0.1, 0.15) is 0 Å². The molecule has 5 rings (SSSR count). The van der Waals surface area contributed by atoms with Gasteiger partial charge in [0, 0.05) is 17.9 Å². The topological polar surface area (TPSA) is 3.24 Å². The zero-order valence-electron chi connectivity index (χ0n) is 20.9. The van der Waals surface area contributed by atoms with Gasteiger partial charge in [0.2, 0.25) is 0 Å². The van der Waals surface area contributed by atoms with E-state index in [9.17, 15) is 0 Å². The molecule has 0 N–H and O–H groups in total. The molecule has 1 nitrogen and oxygen atoms in total. The zero-order valence-corrected chi connectivity index (χ0v) is 20.9. The molecule has 37 heavy (non-hydrogen) atoms. The lowest BCUT2D eigenvalue weighted by atomic mass is 9.97. The first kappa shape index (κ1) is 24.1. The molecule has 0 unspecified atom stereocenters. The molecule has 0 amide bonds. The minimum absolute atomic E-state index is 0.920. The summed E-state index contributed by atoms with van der Waals surface area (Å²) in [5.41, 5.74) is 8.57. The third-order valence-electron chi connectivity index (χ3n) is 6.46. The second-order valence-corrected chi connectivity index (χ2v) is 8.99. The van der Waals surface area contributed by atoms with Crippen molar-refractivity contribution in [2.24, 2.45) is 0 Å². The number of rotatable bonds is 9.